The molecule has 5 heteroatoms. The van der Waals surface area contributed by atoms with E-state index in [1.807, 2.05) is 0 Å². The molecule has 4 nitrogen and oxygen atoms in total. The van der Waals surface area contributed by atoms with Crippen molar-refractivity contribution in [2.24, 2.45) is 0 Å². The van der Waals surface area contributed by atoms with Crippen molar-refractivity contribution in [3.63, 3.8) is 0 Å². The van der Waals surface area contributed by atoms with Gasteiger partial charge in [0, 0.05) is 24.8 Å². The molecule has 0 spiro atoms. The van der Waals surface area contributed by atoms with Crippen LogP contribution in [-0.2, 0) is 9.59 Å². The van der Waals surface area contributed by atoms with Crippen LogP contribution < -0.4 is 10.2 Å². The molecule has 0 aliphatic rings. The van der Waals surface area contributed by atoms with Crippen LogP contribution >= 0.6 is 0 Å². The molecule has 0 unspecified atom stereocenters. The Morgan fingerprint density at radius 3 is 1.05 bits per heavy atom. The summed E-state index contributed by atoms with van der Waals surface area (Å²) in [5.74, 6) is -2.16. The molecule has 0 fully saturated rings. The van der Waals surface area contributed by atoms with Crippen molar-refractivity contribution in [2.45, 2.75) is 52.4 Å². The molecule has 120 valence electrons. The molecule has 0 rings (SSSR count). The fourth-order valence-electron chi connectivity index (χ4n) is 0.236. The van der Waals surface area contributed by atoms with Crippen LogP contribution in [0.4, 0.5) is 0 Å². The van der Waals surface area contributed by atoms with Gasteiger partial charge >= 0.3 is 23.9 Å². The maximum Gasteiger partial charge on any atom is 2.00 e. The molecule has 0 aromatic heterocycles. The molecule has 0 N–H and O–H groups in total. The Kier molecular flexibility index (Phi) is 56.1. The molecule has 0 bridgehead atoms. The molecule has 4 radical (unpaired) electrons. The Hall–Kier alpha value is -0.781. The molecule has 0 saturated carbocycles. The summed E-state index contributed by atoms with van der Waals surface area (Å²) in [5, 5.41) is 18.8. The number of carboxylic acids is 2. The van der Waals surface area contributed by atoms with Gasteiger partial charge in [-0.05, 0) is 0 Å². The van der Waals surface area contributed by atoms with Crippen molar-refractivity contribution in [3.05, 3.63) is 39.2 Å². The molecule has 21 heavy (non-hydrogen) atoms. The molecular formula is C16H28O4Sn. The Morgan fingerprint density at radius 2 is 1.05 bits per heavy atom. The molecule has 0 aromatic carbocycles. The van der Waals surface area contributed by atoms with E-state index in [9.17, 15) is 19.8 Å². The molecule has 0 atom stereocenters. The van der Waals surface area contributed by atoms with Crippen molar-refractivity contribution in [3.8, 4) is 0 Å². The van der Waals surface area contributed by atoms with Gasteiger partial charge in [0.15, 0.2) is 0 Å². The van der Waals surface area contributed by atoms with Crippen LogP contribution in [0.3, 0.4) is 0 Å². The van der Waals surface area contributed by atoms with E-state index in [-0.39, 0.29) is 36.7 Å². The maximum absolute atomic E-state index is 9.42. The summed E-state index contributed by atoms with van der Waals surface area (Å²) in [6.07, 6.45) is 7.02. The van der Waals surface area contributed by atoms with E-state index < -0.39 is 11.9 Å². The Bertz CT molecular complexity index is 200. The summed E-state index contributed by atoms with van der Waals surface area (Å²) >= 11 is 0. The SMILES string of the molecule is C=CCC(=O)[O-].C=CCC(=O)[O-].[CH2]CCC.[CH2]CCC.[Sn+2]. The number of hydrogen-bond donors (Lipinski definition) is 0. The van der Waals surface area contributed by atoms with Crippen LogP contribution in [0.2, 0.25) is 0 Å². The van der Waals surface area contributed by atoms with E-state index in [4.69, 9.17) is 0 Å². The van der Waals surface area contributed by atoms with Gasteiger partial charge in [-0.3, -0.25) is 0 Å². The molecule has 0 saturated heterocycles. The summed E-state index contributed by atoms with van der Waals surface area (Å²) in [7, 11) is 0. The van der Waals surface area contributed by atoms with Crippen LogP contribution in [-0.4, -0.2) is 35.8 Å². The minimum absolute atomic E-state index is 0. The third kappa shape index (κ3) is 109. The van der Waals surface area contributed by atoms with Crippen molar-refractivity contribution < 1.29 is 19.8 Å². The monoisotopic (exact) mass is 404 g/mol. The molecule has 0 heterocycles. The first-order valence-corrected chi connectivity index (χ1v) is 6.57. The average molecular weight is 403 g/mol. The van der Waals surface area contributed by atoms with Crippen molar-refractivity contribution in [1.29, 1.82) is 0 Å². The standard InChI is InChI=1S/2C4H6O2.2C4H9.Sn/c2*1-2-3-4(5)6;2*1-3-4-2;/h2*2H,1,3H2,(H,5,6);2*1,3-4H2,2H3;/q;;;;+2/p-2. The smallest absolute Gasteiger partial charge is 0.550 e. The second kappa shape index (κ2) is 36.5. The van der Waals surface area contributed by atoms with Crippen molar-refractivity contribution in [2.75, 3.05) is 0 Å². The van der Waals surface area contributed by atoms with Gasteiger partial charge in [0.25, 0.3) is 0 Å². The number of hydrogen-bond acceptors (Lipinski definition) is 4. The number of carbonyl (C=O) groups is 2. The van der Waals surface area contributed by atoms with Gasteiger partial charge in [-0.2, -0.15) is 0 Å². The van der Waals surface area contributed by atoms with Gasteiger partial charge in [0.2, 0.25) is 0 Å². The number of rotatable bonds is 6. The fourth-order valence-corrected chi connectivity index (χ4v) is 0.236. The Labute approximate surface area is 147 Å². The zero-order chi connectivity index (χ0) is 16.8. The van der Waals surface area contributed by atoms with Gasteiger partial charge in [-0.25, -0.2) is 0 Å². The Balaban J connectivity index is -0.0000000544. The Morgan fingerprint density at radius 1 is 0.857 bits per heavy atom. The zero-order valence-electron chi connectivity index (χ0n) is 13.4. The number of carboxylic acid groups (broad SMARTS) is 2. The van der Waals surface area contributed by atoms with Crippen molar-refractivity contribution >= 4 is 35.8 Å². The molecule has 0 amide bonds. The van der Waals surface area contributed by atoms with Gasteiger partial charge < -0.3 is 19.8 Å². The minimum atomic E-state index is -1.08. The predicted octanol–water partition coefficient (Wildman–Crippen LogP) is 1.49. The number of aliphatic carboxylic acids is 2. The summed E-state index contributed by atoms with van der Waals surface area (Å²) < 4.78 is 0. The molecule has 0 aliphatic heterocycles. The normalized spacial score (nSPS) is 7.05. The van der Waals surface area contributed by atoms with E-state index in [2.05, 4.69) is 40.9 Å². The quantitative estimate of drug-likeness (QED) is 0.497. The van der Waals surface area contributed by atoms with E-state index in [0.29, 0.717) is 0 Å². The van der Waals surface area contributed by atoms with Crippen LogP contribution in [0, 0.1) is 13.8 Å². The average Bonchev–Trinajstić information content (AvgIpc) is 2.39. The molecule has 0 aliphatic carbocycles. The maximum atomic E-state index is 9.42. The van der Waals surface area contributed by atoms with Crippen molar-refractivity contribution in [1.82, 2.24) is 0 Å². The van der Waals surface area contributed by atoms with Gasteiger partial charge in [-0.15, -0.1) is 13.2 Å². The first-order chi connectivity index (χ1) is 9.37. The van der Waals surface area contributed by atoms with Crippen LogP contribution in [0.15, 0.2) is 25.3 Å². The largest absolute Gasteiger partial charge is 2.00 e. The molecule has 0 aromatic rings. The van der Waals surface area contributed by atoms with Gasteiger partial charge in [-0.1, -0.05) is 65.5 Å². The van der Waals surface area contributed by atoms with E-state index >= 15 is 0 Å². The topological polar surface area (TPSA) is 80.3 Å². The third-order valence-electron chi connectivity index (χ3n) is 1.33. The second-order valence-corrected chi connectivity index (χ2v) is 3.44. The zero-order valence-corrected chi connectivity index (χ0v) is 16.2. The summed E-state index contributed by atoms with van der Waals surface area (Å²) in [4.78, 5) is 18.8. The van der Waals surface area contributed by atoms with Crippen LogP contribution in [0.1, 0.15) is 52.4 Å². The first kappa shape index (κ1) is 32.2. The van der Waals surface area contributed by atoms with E-state index in [0.717, 1.165) is 12.8 Å². The number of carbonyl (C=O) groups excluding carboxylic acids is 2. The van der Waals surface area contributed by atoms with Gasteiger partial charge in [0.05, 0.1) is 0 Å². The van der Waals surface area contributed by atoms with E-state index in [1.54, 1.807) is 0 Å². The van der Waals surface area contributed by atoms with Crippen LogP contribution in [0.5, 0.6) is 0 Å². The van der Waals surface area contributed by atoms with Crippen LogP contribution in [0.25, 0.3) is 0 Å². The summed E-state index contributed by atoms with van der Waals surface area (Å²) in [5.41, 5.74) is 0. The van der Waals surface area contributed by atoms with Gasteiger partial charge in [0.1, 0.15) is 0 Å². The van der Waals surface area contributed by atoms with E-state index in [1.165, 1.54) is 25.0 Å². The minimum Gasteiger partial charge on any atom is -0.550 e. The summed E-state index contributed by atoms with van der Waals surface area (Å²) in [6.45, 7) is 17.8. The second-order valence-electron chi connectivity index (χ2n) is 3.44. The third-order valence-corrected chi connectivity index (χ3v) is 1.33. The fraction of sp³-hybridized carbons (Fsp3) is 0.500. The number of unbranched alkanes of at least 4 members (excludes halogenated alkanes) is 2. The predicted molar refractivity (Wildman–Crippen MR) is 85.9 cm³/mol. The summed E-state index contributed by atoms with van der Waals surface area (Å²) in [6, 6.07) is 0. The molecular weight excluding hydrogens is 375 g/mol. The first-order valence-electron chi connectivity index (χ1n) is 6.57.